The molecular weight excluding hydrogens is 568 g/mol. The Morgan fingerprint density at radius 2 is 1.79 bits per heavy atom. The largest absolute Gasteiger partial charge is 0.509 e. The minimum Gasteiger partial charge on any atom is -0.509 e. The average Bonchev–Trinajstić information content (AvgIpc) is 3.68. The zero-order chi connectivity index (χ0) is 28.7. The zero-order valence-corrected chi connectivity index (χ0v) is 29.4. The van der Waals surface area contributed by atoms with E-state index in [1.165, 1.54) is 0 Å². The first-order valence-electron chi connectivity index (χ1n) is 14.0. The number of carbonyl (C=O) groups excluding carboxylic acids is 2. The Bertz CT molecular complexity index is 1540. The molecule has 2 radical (unpaired) electrons. The Kier molecular flexibility index (Phi) is 10.8. The van der Waals surface area contributed by atoms with Gasteiger partial charge < -0.3 is 24.5 Å². The molecular formula is C30H33N7Na2O4. The Morgan fingerprint density at radius 1 is 1.07 bits per heavy atom. The number of amides is 1. The van der Waals surface area contributed by atoms with E-state index in [4.69, 9.17) is 4.74 Å². The SMILES string of the molecule is CCCCC1N(C)C2=C(CN3C(=O)C(C(=O)OCC)=C(O)C3C2)N1c1ccc(-c2ccccc2-c2nn[nH]n2)cc1.[Na].[Na]. The first kappa shape index (κ1) is 33.2. The Hall–Kier alpha value is -2.67. The monoisotopic (exact) mass is 601 g/mol. The number of nitrogens with zero attached hydrogens (tertiary/aromatic N) is 6. The number of nitrogens with one attached hydrogen (secondary N) is 1. The van der Waals surface area contributed by atoms with Gasteiger partial charge in [0.05, 0.1) is 24.9 Å². The third-order valence-electron chi connectivity index (χ3n) is 8.19. The van der Waals surface area contributed by atoms with Gasteiger partial charge >= 0.3 is 5.97 Å². The normalized spacial score (nSPS) is 19.2. The number of aromatic amines is 1. The van der Waals surface area contributed by atoms with Crippen molar-refractivity contribution in [1.29, 1.82) is 0 Å². The van der Waals surface area contributed by atoms with E-state index < -0.39 is 17.9 Å². The van der Waals surface area contributed by atoms with Crippen LogP contribution in [0.5, 0.6) is 0 Å². The van der Waals surface area contributed by atoms with Crippen LogP contribution in [0.1, 0.15) is 39.5 Å². The maximum absolute atomic E-state index is 13.3. The molecule has 0 bridgehead atoms. The molecule has 214 valence electrons. The van der Waals surface area contributed by atoms with Crippen LogP contribution in [-0.4, -0.2) is 139 Å². The Balaban J connectivity index is 0.00000212. The topological polar surface area (TPSA) is 128 Å². The number of ether oxygens (including phenoxy) is 1. The molecule has 0 saturated heterocycles. The van der Waals surface area contributed by atoms with E-state index in [1.807, 2.05) is 24.3 Å². The zero-order valence-electron chi connectivity index (χ0n) is 25.4. The van der Waals surface area contributed by atoms with Crippen molar-refractivity contribution in [2.45, 2.75) is 51.7 Å². The second-order valence-electron chi connectivity index (χ2n) is 10.5. The number of H-pyrrole nitrogens is 1. The van der Waals surface area contributed by atoms with E-state index in [2.05, 4.69) is 68.7 Å². The summed E-state index contributed by atoms with van der Waals surface area (Å²) < 4.78 is 5.07. The van der Waals surface area contributed by atoms with Crippen molar-refractivity contribution in [2.75, 3.05) is 25.1 Å². The van der Waals surface area contributed by atoms with Gasteiger partial charge in [0, 0.05) is 89.5 Å². The molecule has 11 nitrogen and oxygen atoms in total. The fraction of sp³-hybridized carbons (Fsp3) is 0.367. The van der Waals surface area contributed by atoms with Crippen molar-refractivity contribution >= 4 is 76.7 Å². The summed E-state index contributed by atoms with van der Waals surface area (Å²) in [6.45, 7) is 4.28. The van der Waals surface area contributed by atoms with Crippen molar-refractivity contribution in [3.8, 4) is 22.5 Å². The average molecular weight is 602 g/mol. The minimum atomic E-state index is -0.771. The molecule has 13 heteroatoms. The molecule has 3 aromatic rings. The van der Waals surface area contributed by atoms with Crippen molar-refractivity contribution < 1.29 is 19.4 Å². The number of aliphatic hydroxyl groups excluding tert-OH is 1. The molecule has 0 saturated carbocycles. The second kappa shape index (κ2) is 14.0. The fourth-order valence-electron chi connectivity index (χ4n) is 6.19. The Labute approximate surface area is 294 Å². The van der Waals surface area contributed by atoms with Gasteiger partial charge in [0.25, 0.3) is 5.91 Å². The van der Waals surface area contributed by atoms with Gasteiger partial charge in [-0.1, -0.05) is 49.7 Å². The van der Waals surface area contributed by atoms with Gasteiger partial charge in [-0.3, -0.25) is 4.79 Å². The molecule has 2 aromatic carbocycles. The quantitative estimate of drug-likeness (QED) is 0.227. The van der Waals surface area contributed by atoms with Crippen molar-refractivity contribution in [2.24, 2.45) is 0 Å². The van der Waals surface area contributed by atoms with Gasteiger partial charge in [0.2, 0.25) is 5.82 Å². The predicted molar refractivity (Wildman–Crippen MR) is 164 cm³/mol. The van der Waals surface area contributed by atoms with Crippen LogP contribution in [0, 0.1) is 0 Å². The number of tetrazole rings is 1. The summed E-state index contributed by atoms with van der Waals surface area (Å²) in [4.78, 5) is 32.0. The predicted octanol–water partition coefficient (Wildman–Crippen LogP) is 3.24. The molecule has 1 aromatic heterocycles. The number of anilines is 1. The summed E-state index contributed by atoms with van der Waals surface area (Å²) >= 11 is 0. The molecule has 0 spiro atoms. The molecule has 3 aliphatic heterocycles. The van der Waals surface area contributed by atoms with E-state index in [-0.39, 0.29) is 83.2 Å². The van der Waals surface area contributed by atoms with Crippen LogP contribution in [0.3, 0.4) is 0 Å². The summed E-state index contributed by atoms with van der Waals surface area (Å²) in [5.74, 6) is -0.911. The molecule has 0 aliphatic carbocycles. The standard InChI is InChI=1S/C30H33N7O4.2Na/c1-4-6-11-25-35(3)22-16-23-27(38)26(30(40)41-5-2)29(39)36(23)17-24(22)37(25)19-14-12-18(13-15-19)20-9-7-8-10-21(20)28-31-33-34-32-28;;/h7-10,12-15,23,25,38H,4-6,11,16-17H2,1-3H3,(H,31,32,33,34);;. The summed E-state index contributed by atoms with van der Waals surface area (Å²) in [5.41, 5.74) is 5.75. The van der Waals surface area contributed by atoms with E-state index in [9.17, 15) is 14.7 Å². The number of unbranched alkanes of at least 4 members (excludes halogenated alkanes) is 1. The second-order valence-corrected chi connectivity index (χ2v) is 10.5. The van der Waals surface area contributed by atoms with Crippen molar-refractivity contribution in [1.82, 2.24) is 30.4 Å². The number of esters is 1. The third-order valence-corrected chi connectivity index (χ3v) is 8.19. The summed E-state index contributed by atoms with van der Waals surface area (Å²) in [6, 6.07) is 15.7. The van der Waals surface area contributed by atoms with Crippen LogP contribution in [0.15, 0.2) is 71.3 Å². The van der Waals surface area contributed by atoms with Crippen LogP contribution in [0.25, 0.3) is 22.5 Å². The number of aromatic nitrogens is 4. The molecule has 43 heavy (non-hydrogen) atoms. The molecule has 3 aliphatic rings. The summed E-state index contributed by atoms with van der Waals surface area (Å²) in [5, 5.41) is 25.5. The molecule has 1 amide bonds. The van der Waals surface area contributed by atoms with Crippen LogP contribution >= 0.6 is 0 Å². The van der Waals surface area contributed by atoms with E-state index in [0.717, 1.165) is 53.0 Å². The summed E-state index contributed by atoms with van der Waals surface area (Å²) in [6.07, 6.45) is 3.56. The minimum absolute atomic E-state index is 0. The van der Waals surface area contributed by atoms with Crippen molar-refractivity contribution in [3.63, 3.8) is 0 Å². The van der Waals surface area contributed by atoms with E-state index in [0.29, 0.717) is 18.8 Å². The van der Waals surface area contributed by atoms with Gasteiger partial charge in [-0.2, -0.15) is 5.21 Å². The third kappa shape index (κ3) is 5.91. The van der Waals surface area contributed by atoms with Gasteiger partial charge in [-0.05, 0) is 48.2 Å². The van der Waals surface area contributed by atoms with Crippen LogP contribution < -0.4 is 4.90 Å². The number of aliphatic hydroxyl groups is 1. The molecule has 2 N–H and O–H groups in total. The number of benzene rings is 2. The first-order chi connectivity index (χ1) is 19.9. The molecule has 0 fully saturated rings. The smallest absolute Gasteiger partial charge is 0.347 e. The maximum atomic E-state index is 13.3. The van der Waals surface area contributed by atoms with Gasteiger partial charge in [-0.15, -0.1) is 10.2 Å². The number of carbonyl (C=O) groups is 2. The van der Waals surface area contributed by atoms with E-state index >= 15 is 0 Å². The number of fused-ring (bicyclic) bond motifs is 1. The van der Waals surface area contributed by atoms with Crippen LogP contribution in [0.4, 0.5) is 5.69 Å². The molecule has 2 unspecified atom stereocenters. The Morgan fingerprint density at radius 3 is 2.44 bits per heavy atom. The van der Waals surface area contributed by atoms with Gasteiger partial charge in [0.15, 0.2) is 5.57 Å². The van der Waals surface area contributed by atoms with Crippen LogP contribution in [-0.2, 0) is 14.3 Å². The fourth-order valence-corrected chi connectivity index (χ4v) is 6.19. The number of rotatable bonds is 8. The molecule has 2 atom stereocenters. The van der Waals surface area contributed by atoms with Gasteiger partial charge in [0.1, 0.15) is 11.9 Å². The summed E-state index contributed by atoms with van der Waals surface area (Å²) in [7, 11) is 2.07. The maximum Gasteiger partial charge on any atom is 0.347 e. The first-order valence-corrected chi connectivity index (χ1v) is 14.0. The van der Waals surface area contributed by atoms with Crippen molar-refractivity contribution in [3.05, 3.63) is 71.3 Å². The number of hydrogen-bond donors (Lipinski definition) is 2. The van der Waals surface area contributed by atoms with Crippen LogP contribution in [0.2, 0.25) is 0 Å². The molecule has 4 heterocycles. The van der Waals surface area contributed by atoms with E-state index in [1.54, 1.807) is 11.8 Å². The molecule has 6 rings (SSSR count). The number of hydrogen-bond acceptors (Lipinski definition) is 9. The van der Waals surface area contributed by atoms with Gasteiger partial charge in [-0.25, -0.2) is 4.79 Å².